The quantitative estimate of drug-likeness (QED) is 0.316. The van der Waals surface area contributed by atoms with Crippen LogP contribution < -0.4 is 15.2 Å². The Morgan fingerprint density at radius 2 is 1.86 bits per heavy atom. The molecule has 0 fully saturated rings. The van der Waals surface area contributed by atoms with Gasteiger partial charge in [-0.25, -0.2) is 8.42 Å². The molecule has 37 heavy (non-hydrogen) atoms. The minimum Gasteiger partial charge on any atom is -0.494 e. The maximum Gasteiger partial charge on any atom is 0.250 e. The number of rotatable bonds is 10. The summed E-state index contributed by atoms with van der Waals surface area (Å²) < 4.78 is 45.2. The van der Waals surface area contributed by atoms with Crippen LogP contribution >= 0.6 is 11.6 Å². The molecular formula is C24H24ClN5O6S. The summed E-state index contributed by atoms with van der Waals surface area (Å²) in [6, 6.07) is 9.89. The number of benzene rings is 1. The fraction of sp³-hybridized carbons (Fsp3) is 0.250. The molecule has 0 saturated heterocycles. The van der Waals surface area contributed by atoms with Crippen LogP contribution in [0.3, 0.4) is 0 Å². The number of ether oxygens (including phenoxy) is 2. The normalized spacial score (nSPS) is 12.3. The lowest BCUT2D eigenvalue weighted by Crippen LogP contribution is -2.26. The molecule has 4 aromatic rings. The number of para-hydroxylation sites is 1. The number of primary amides is 1. The summed E-state index contributed by atoms with van der Waals surface area (Å²) in [5.41, 5.74) is 6.15. The van der Waals surface area contributed by atoms with Crippen LogP contribution in [0.25, 0.3) is 17.3 Å². The molecule has 3 aromatic heterocycles. The van der Waals surface area contributed by atoms with Crippen molar-refractivity contribution in [3.63, 3.8) is 0 Å². The smallest absolute Gasteiger partial charge is 0.250 e. The van der Waals surface area contributed by atoms with Gasteiger partial charge >= 0.3 is 0 Å². The van der Waals surface area contributed by atoms with Crippen molar-refractivity contribution in [3.05, 3.63) is 71.0 Å². The maximum absolute atomic E-state index is 13.5. The number of methoxy groups -OCH3 is 2. The molecule has 0 spiro atoms. The van der Waals surface area contributed by atoms with Crippen LogP contribution in [0, 0.1) is 0 Å². The van der Waals surface area contributed by atoms with Crippen LogP contribution in [0.1, 0.15) is 28.8 Å². The summed E-state index contributed by atoms with van der Waals surface area (Å²) >= 11 is 5.93. The van der Waals surface area contributed by atoms with E-state index in [-0.39, 0.29) is 34.3 Å². The molecule has 3 heterocycles. The Balaban J connectivity index is 1.77. The van der Waals surface area contributed by atoms with E-state index in [9.17, 15) is 13.2 Å². The predicted octanol–water partition coefficient (Wildman–Crippen LogP) is 3.24. The van der Waals surface area contributed by atoms with Crippen molar-refractivity contribution in [2.75, 3.05) is 14.2 Å². The Morgan fingerprint density at radius 3 is 2.46 bits per heavy atom. The Kier molecular flexibility index (Phi) is 7.50. The highest BCUT2D eigenvalue weighted by atomic mass is 35.5. The number of furan rings is 1. The van der Waals surface area contributed by atoms with Gasteiger partial charge in [-0.05, 0) is 37.3 Å². The van der Waals surface area contributed by atoms with E-state index in [0.29, 0.717) is 22.9 Å². The first-order valence-electron chi connectivity index (χ1n) is 11.0. The second-order valence-electron chi connectivity index (χ2n) is 8.10. The van der Waals surface area contributed by atoms with Crippen molar-refractivity contribution < 1.29 is 27.1 Å². The van der Waals surface area contributed by atoms with Crippen LogP contribution in [0.2, 0.25) is 5.02 Å². The van der Waals surface area contributed by atoms with Gasteiger partial charge < -0.3 is 19.6 Å². The number of carbonyl (C=O) groups is 1. The number of hydrogen-bond acceptors (Lipinski definition) is 9. The average molecular weight is 546 g/mol. The Labute approximate surface area is 218 Å². The first-order chi connectivity index (χ1) is 17.7. The molecular weight excluding hydrogens is 522 g/mol. The zero-order valence-electron chi connectivity index (χ0n) is 20.2. The van der Waals surface area contributed by atoms with E-state index in [2.05, 4.69) is 15.2 Å². The summed E-state index contributed by atoms with van der Waals surface area (Å²) in [5.74, 6) is 0.337. The highest BCUT2D eigenvalue weighted by Crippen LogP contribution is 2.37. The zero-order valence-corrected chi connectivity index (χ0v) is 21.8. The molecule has 0 aliphatic carbocycles. The summed E-state index contributed by atoms with van der Waals surface area (Å²) in [4.78, 5) is 16.0. The van der Waals surface area contributed by atoms with Crippen molar-refractivity contribution in [1.29, 1.82) is 0 Å². The highest BCUT2D eigenvalue weighted by Gasteiger charge is 2.30. The van der Waals surface area contributed by atoms with Gasteiger partial charge in [0.15, 0.2) is 21.4 Å². The molecule has 0 saturated carbocycles. The molecule has 194 valence electrons. The number of amides is 1. The van der Waals surface area contributed by atoms with Gasteiger partial charge in [-0.1, -0.05) is 17.7 Å². The van der Waals surface area contributed by atoms with E-state index in [1.54, 1.807) is 30.3 Å². The van der Waals surface area contributed by atoms with E-state index in [1.807, 2.05) is 0 Å². The number of nitrogens with zero attached hydrogens (tertiary/aromatic N) is 4. The molecule has 4 rings (SSSR count). The number of nitrogens with two attached hydrogens (primary N) is 1. The SMILES string of the molecule is COc1cccc(OC)c1-n1c(CS(=O)(=O)[C@H](C)Cc2ncc(Cl)cc2C(N)=O)nnc1-c1ccco1. The van der Waals surface area contributed by atoms with Crippen molar-refractivity contribution in [3.8, 4) is 28.8 Å². The maximum atomic E-state index is 13.5. The largest absolute Gasteiger partial charge is 0.494 e. The third kappa shape index (κ3) is 5.30. The summed E-state index contributed by atoms with van der Waals surface area (Å²) in [5, 5.41) is 7.67. The lowest BCUT2D eigenvalue weighted by atomic mass is 10.1. The molecule has 2 N–H and O–H groups in total. The summed E-state index contributed by atoms with van der Waals surface area (Å²) in [6.45, 7) is 1.52. The van der Waals surface area contributed by atoms with Crippen LogP contribution in [0.15, 0.2) is 53.3 Å². The number of aromatic nitrogens is 4. The van der Waals surface area contributed by atoms with Gasteiger partial charge in [0.25, 0.3) is 5.91 Å². The Morgan fingerprint density at radius 1 is 1.16 bits per heavy atom. The molecule has 1 aromatic carbocycles. The minimum absolute atomic E-state index is 0.0606. The Bertz CT molecular complexity index is 1510. The average Bonchev–Trinajstić information content (AvgIpc) is 3.54. The van der Waals surface area contributed by atoms with Gasteiger partial charge in [0.2, 0.25) is 5.82 Å². The Hall–Kier alpha value is -3.90. The molecule has 13 heteroatoms. The van der Waals surface area contributed by atoms with Crippen LogP contribution in [-0.4, -0.2) is 53.5 Å². The number of pyridine rings is 1. The van der Waals surface area contributed by atoms with Gasteiger partial charge in [-0.3, -0.25) is 14.3 Å². The van der Waals surface area contributed by atoms with E-state index in [1.165, 1.54) is 44.2 Å². The molecule has 11 nitrogen and oxygen atoms in total. The van der Waals surface area contributed by atoms with E-state index in [4.69, 9.17) is 31.2 Å². The van der Waals surface area contributed by atoms with Crippen molar-refractivity contribution in [1.82, 2.24) is 19.7 Å². The molecule has 1 atom stereocenters. The van der Waals surface area contributed by atoms with E-state index in [0.717, 1.165) is 0 Å². The topological polar surface area (TPSA) is 152 Å². The number of carbonyl (C=O) groups excluding carboxylic acids is 1. The first-order valence-corrected chi connectivity index (χ1v) is 13.1. The monoisotopic (exact) mass is 545 g/mol. The third-order valence-corrected chi connectivity index (χ3v) is 7.98. The number of hydrogen-bond donors (Lipinski definition) is 1. The van der Waals surface area contributed by atoms with Crippen molar-refractivity contribution >= 4 is 27.3 Å². The molecule has 0 unspecified atom stereocenters. The van der Waals surface area contributed by atoms with Crippen LogP contribution in [-0.2, 0) is 22.0 Å². The van der Waals surface area contributed by atoms with Crippen LogP contribution in [0.5, 0.6) is 11.5 Å². The lowest BCUT2D eigenvalue weighted by Gasteiger charge is -2.18. The van der Waals surface area contributed by atoms with Gasteiger partial charge in [-0.2, -0.15) is 0 Å². The van der Waals surface area contributed by atoms with Gasteiger partial charge in [0, 0.05) is 12.6 Å². The van der Waals surface area contributed by atoms with Gasteiger partial charge in [0.05, 0.1) is 42.0 Å². The molecule has 0 bridgehead atoms. The second-order valence-corrected chi connectivity index (χ2v) is 11.0. The summed E-state index contributed by atoms with van der Waals surface area (Å²) in [7, 11) is -0.871. The van der Waals surface area contributed by atoms with E-state index < -0.39 is 26.7 Å². The zero-order chi connectivity index (χ0) is 26.7. The minimum atomic E-state index is -3.85. The standard InChI is InChI=1S/C24H24ClN5O6S/c1-14(10-17-16(23(26)31)11-15(25)12-27-17)37(32,33)13-21-28-29-24(20-8-5-9-36-20)30(21)22-18(34-2)6-4-7-19(22)35-3/h4-9,11-12,14H,10,13H2,1-3H3,(H2,26,31)/t14-/m1/s1. The van der Waals surface area contributed by atoms with E-state index >= 15 is 0 Å². The molecule has 0 radical (unpaired) electrons. The van der Waals surface area contributed by atoms with Crippen LogP contribution in [0.4, 0.5) is 0 Å². The van der Waals surface area contributed by atoms with Crippen molar-refractivity contribution in [2.45, 2.75) is 24.3 Å². The van der Waals surface area contributed by atoms with Crippen molar-refractivity contribution in [2.24, 2.45) is 5.73 Å². The molecule has 0 aliphatic heterocycles. The summed E-state index contributed by atoms with van der Waals surface area (Å²) in [6.07, 6.45) is 2.75. The second kappa shape index (κ2) is 10.6. The third-order valence-electron chi connectivity index (χ3n) is 5.72. The highest BCUT2D eigenvalue weighted by molar-refractivity contribution is 7.91. The number of sulfone groups is 1. The fourth-order valence-corrected chi connectivity index (χ4v) is 5.23. The molecule has 0 aliphatic rings. The number of halogens is 1. The first kappa shape index (κ1) is 26.2. The molecule has 1 amide bonds. The van der Waals surface area contributed by atoms with Gasteiger partial charge in [-0.15, -0.1) is 10.2 Å². The predicted molar refractivity (Wildman–Crippen MR) is 136 cm³/mol. The van der Waals surface area contributed by atoms with Gasteiger partial charge in [0.1, 0.15) is 22.9 Å². The fourth-order valence-electron chi connectivity index (χ4n) is 3.83. The lowest BCUT2D eigenvalue weighted by molar-refractivity contribution is 0.0999.